The predicted octanol–water partition coefficient (Wildman–Crippen LogP) is 3.50. The SMILES string of the molecule is CC(C(=O)Nc1sc2c(c1C(N)=O)CCC2)N1CCN(Cc2cccc(C(F)(F)F)c2)CC1. The Morgan fingerprint density at radius 3 is 2.58 bits per heavy atom. The van der Waals surface area contributed by atoms with Gasteiger partial charge in [0.05, 0.1) is 17.2 Å². The van der Waals surface area contributed by atoms with Crippen molar-refractivity contribution >= 4 is 28.2 Å². The lowest BCUT2D eigenvalue weighted by Gasteiger charge is -2.37. The Hall–Kier alpha value is -2.43. The number of alkyl halides is 3. The summed E-state index contributed by atoms with van der Waals surface area (Å²) in [5.41, 5.74) is 6.97. The van der Waals surface area contributed by atoms with Gasteiger partial charge in [-0.2, -0.15) is 13.2 Å². The summed E-state index contributed by atoms with van der Waals surface area (Å²) in [7, 11) is 0. The molecule has 1 saturated heterocycles. The molecule has 33 heavy (non-hydrogen) atoms. The highest BCUT2D eigenvalue weighted by molar-refractivity contribution is 7.17. The molecule has 1 aliphatic heterocycles. The molecule has 3 N–H and O–H groups in total. The number of carbonyl (C=O) groups is 2. The number of hydrogen-bond acceptors (Lipinski definition) is 5. The molecule has 2 aliphatic rings. The summed E-state index contributed by atoms with van der Waals surface area (Å²) in [6.45, 7) is 4.79. The van der Waals surface area contributed by atoms with E-state index in [1.165, 1.54) is 23.5 Å². The highest BCUT2D eigenvalue weighted by atomic mass is 32.1. The number of fused-ring (bicyclic) bond motifs is 1. The monoisotopic (exact) mass is 480 g/mol. The number of hydrogen-bond donors (Lipinski definition) is 2. The zero-order valence-electron chi connectivity index (χ0n) is 18.4. The van der Waals surface area contributed by atoms with Gasteiger partial charge < -0.3 is 11.1 Å². The van der Waals surface area contributed by atoms with Crippen LogP contribution in [0.2, 0.25) is 0 Å². The molecule has 0 spiro atoms. The van der Waals surface area contributed by atoms with Crippen molar-refractivity contribution in [3.8, 4) is 0 Å². The fraction of sp³-hybridized carbons (Fsp3) is 0.478. The largest absolute Gasteiger partial charge is 0.416 e. The van der Waals surface area contributed by atoms with Gasteiger partial charge in [-0.25, -0.2) is 0 Å². The maximum absolute atomic E-state index is 13.0. The van der Waals surface area contributed by atoms with Gasteiger partial charge in [0.15, 0.2) is 0 Å². The van der Waals surface area contributed by atoms with Crippen LogP contribution in [0.3, 0.4) is 0 Å². The van der Waals surface area contributed by atoms with Crippen LogP contribution in [0.4, 0.5) is 18.2 Å². The van der Waals surface area contributed by atoms with Crippen molar-refractivity contribution in [3.63, 3.8) is 0 Å². The fourth-order valence-electron chi connectivity index (χ4n) is 4.55. The van der Waals surface area contributed by atoms with Crippen molar-refractivity contribution in [2.24, 2.45) is 5.73 Å². The fourth-order valence-corrected chi connectivity index (χ4v) is 5.85. The predicted molar refractivity (Wildman–Crippen MR) is 121 cm³/mol. The molecule has 1 fully saturated rings. The first kappa shape index (κ1) is 23.7. The molecule has 2 aromatic rings. The number of primary amides is 1. The average Bonchev–Trinajstić information content (AvgIpc) is 3.34. The quantitative estimate of drug-likeness (QED) is 0.664. The Morgan fingerprint density at radius 1 is 1.18 bits per heavy atom. The number of carbonyl (C=O) groups excluding carboxylic acids is 2. The maximum Gasteiger partial charge on any atom is 0.416 e. The molecule has 1 aromatic carbocycles. The Morgan fingerprint density at radius 2 is 1.91 bits per heavy atom. The summed E-state index contributed by atoms with van der Waals surface area (Å²) in [4.78, 5) is 30.1. The second-order valence-corrected chi connectivity index (χ2v) is 9.71. The summed E-state index contributed by atoms with van der Waals surface area (Å²) >= 11 is 1.43. The van der Waals surface area contributed by atoms with Gasteiger partial charge >= 0.3 is 6.18 Å². The summed E-state index contributed by atoms with van der Waals surface area (Å²) in [5, 5.41) is 3.44. The van der Waals surface area contributed by atoms with Gasteiger partial charge in [-0.05, 0) is 43.4 Å². The van der Waals surface area contributed by atoms with E-state index in [-0.39, 0.29) is 5.91 Å². The standard InChI is InChI=1S/C23H27F3N4O2S/c1-14(21(32)28-22-19(20(27)31)17-6-3-7-18(17)33-22)30-10-8-29(9-11-30)13-15-4-2-5-16(12-15)23(24,25)26/h2,4-5,12,14H,3,6-11,13H2,1H3,(H2,27,31)(H,28,32). The number of piperazine rings is 1. The van der Waals surface area contributed by atoms with Gasteiger partial charge in [0.25, 0.3) is 5.91 Å². The Labute approximate surface area is 194 Å². The number of nitrogens with zero attached hydrogens (tertiary/aromatic N) is 2. The number of anilines is 1. The van der Waals surface area contributed by atoms with Crippen LogP contribution in [0.1, 0.15) is 45.3 Å². The minimum absolute atomic E-state index is 0.191. The van der Waals surface area contributed by atoms with Crippen molar-refractivity contribution in [2.45, 2.75) is 44.9 Å². The van der Waals surface area contributed by atoms with E-state index in [9.17, 15) is 22.8 Å². The molecule has 1 atom stereocenters. The summed E-state index contributed by atoms with van der Waals surface area (Å²) < 4.78 is 38.9. The first-order chi connectivity index (χ1) is 15.6. The third-order valence-corrected chi connectivity index (χ3v) is 7.61. The van der Waals surface area contributed by atoms with Gasteiger partial charge in [-0.3, -0.25) is 19.4 Å². The van der Waals surface area contributed by atoms with Crippen LogP contribution in [0.15, 0.2) is 24.3 Å². The van der Waals surface area contributed by atoms with Gasteiger partial charge in [0, 0.05) is 37.6 Å². The first-order valence-electron chi connectivity index (χ1n) is 11.0. The van der Waals surface area contributed by atoms with E-state index < -0.39 is 23.7 Å². The van der Waals surface area contributed by atoms with Crippen LogP contribution in [-0.4, -0.2) is 53.8 Å². The van der Waals surface area contributed by atoms with Crippen molar-refractivity contribution in [1.29, 1.82) is 0 Å². The molecule has 6 nitrogen and oxygen atoms in total. The van der Waals surface area contributed by atoms with Crippen LogP contribution in [0.25, 0.3) is 0 Å². The molecular weight excluding hydrogens is 453 g/mol. The normalized spacial score (nSPS) is 18.2. The zero-order valence-corrected chi connectivity index (χ0v) is 19.2. The van der Waals surface area contributed by atoms with Crippen molar-refractivity contribution in [2.75, 3.05) is 31.5 Å². The van der Waals surface area contributed by atoms with Crippen LogP contribution < -0.4 is 11.1 Å². The van der Waals surface area contributed by atoms with Gasteiger partial charge in [0.1, 0.15) is 5.00 Å². The highest BCUT2D eigenvalue weighted by Crippen LogP contribution is 2.39. The molecule has 2 amide bonds. The molecule has 1 aromatic heterocycles. The second-order valence-electron chi connectivity index (χ2n) is 8.60. The maximum atomic E-state index is 13.0. The molecule has 4 rings (SSSR count). The molecule has 0 saturated carbocycles. The van der Waals surface area contributed by atoms with Gasteiger partial charge in [-0.15, -0.1) is 11.3 Å². The lowest BCUT2D eigenvalue weighted by atomic mass is 10.1. The van der Waals surface area contributed by atoms with E-state index in [1.54, 1.807) is 6.07 Å². The number of rotatable bonds is 6. The van der Waals surface area contributed by atoms with Crippen LogP contribution in [0.5, 0.6) is 0 Å². The van der Waals surface area contributed by atoms with E-state index in [2.05, 4.69) is 10.2 Å². The molecule has 1 aliphatic carbocycles. The third-order valence-electron chi connectivity index (χ3n) is 6.40. The molecule has 0 bridgehead atoms. The zero-order chi connectivity index (χ0) is 23.8. The second kappa shape index (κ2) is 9.44. The minimum Gasteiger partial charge on any atom is -0.365 e. The lowest BCUT2D eigenvalue weighted by Crippen LogP contribution is -2.52. The number of benzene rings is 1. The van der Waals surface area contributed by atoms with E-state index in [1.807, 2.05) is 11.8 Å². The molecule has 178 valence electrons. The topological polar surface area (TPSA) is 78.7 Å². The molecular formula is C23H27F3N4O2S. The highest BCUT2D eigenvalue weighted by Gasteiger charge is 2.32. The van der Waals surface area contributed by atoms with Crippen molar-refractivity contribution in [1.82, 2.24) is 9.80 Å². The van der Waals surface area contributed by atoms with Gasteiger partial charge in [0.2, 0.25) is 5.91 Å². The number of aryl methyl sites for hydroxylation is 1. The minimum atomic E-state index is -4.35. The van der Waals surface area contributed by atoms with Gasteiger partial charge in [-0.1, -0.05) is 18.2 Å². The van der Waals surface area contributed by atoms with E-state index in [4.69, 9.17) is 5.73 Å². The van der Waals surface area contributed by atoms with Crippen molar-refractivity contribution in [3.05, 3.63) is 51.4 Å². The molecule has 1 unspecified atom stereocenters. The molecule has 0 radical (unpaired) electrons. The van der Waals surface area contributed by atoms with Crippen LogP contribution in [-0.2, 0) is 30.4 Å². The lowest BCUT2D eigenvalue weighted by molar-refractivity contribution is -0.137. The molecule has 10 heteroatoms. The number of amides is 2. The Balaban J connectivity index is 1.33. The van der Waals surface area contributed by atoms with E-state index >= 15 is 0 Å². The number of nitrogens with two attached hydrogens (primary N) is 1. The van der Waals surface area contributed by atoms with E-state index in [0.29, 0.717) is 48.9 Å². The smallest absolute Gasteiger partial charge is 0.365 e. The third kappa shape index (κ3) is 5.23. The number of nitrogens with one attached hydrogen (secondary N) is 1. The van der Waals surface area contributed by atoms with Crippen LogP contribution in [0, 0.1) is 0 Å². The summed E-state index contributed by atoms with van der Waals surface area (Å²) in [6, 6.07) is 5.00. The number of thiophene rings is 1. The first-order valence-corrected chi connectivity index (χ1v) is 11.8. The van der Waals surface area contributed by atoms with Crippen LogP contribution >= 0.6 is 11.3 Å². The summed E-state index contributed by atoms with van der Waals surface area (Å²) in [5.74, 6) is -0.704. The Kier molecular flexibility index (Phi) is 6.78. The Bertz CT molecular complexity index is 1040. The molecule has 2 heterocycles. The van der Waals surface area contributed by atoms with E-state index in [0.717, 1.165) is 35.8 Å². The number of halogens is 3. The summed E-state index contributed by atoms with van der Waals surface area (Å²) in [6.07, 6.45) is -1.64. The van der Waals surface area contributed by atoms with Crippen molar-refractivity contribution < 1.29 is 22.8 Å². The average molecular weight is 481 g/mol.